The number of carbonyl (C=O) groups is 12. The van der Waals surface area contributed by atoms with Crippen molar-refractivity contribution in [2.45, 2.75) is 138 Å². The highest BCUT2D eigenvalue weighted by molar-refractivity contribution is 8.76. The van der Waals surface area contributed by atoms with Gasteiger partial charge in [-0.25, -0.2) is 4.89 Å². The van der Waals surface area contributed by atoms with Crippen molar-refractivity contribution >= 4 is 109 Å². The minimum atomic E-state index is -1.78. The van der Waals surface area contributed by atoms with Crippen molar-refractivity contribution in [2.75, 3.05) is 82.5 Å². The number of aromatic nitrogens is 1. The first-order valence-electron chi connectivity index (χ1n) is 35.3. The molecule has 38 heteroatoms. The number of phenols is 1. The molecule has 3 unspecified atom stereocenters. The number of para-hydroxylation sites is 1. The summed E-state index contributed by atoms with van der Waals surface area (Å²) in [6, 6.07) is 13.7. The molecule has 1 aliphatic rings. The Morgan fingerprint density at radius 2 is 1.19 bits per heavy atom. The summed E-state index contributed by atoms with van der Waals surface area (Å²) in [7, 11) is 1.79. The van der Waals surface area contributed by atoms with E-state index in [-0.39, 0.29) is 75.4 Å². The summed E-state index contributed by atoms with van der Waals surface area (Å²) in [5.74, 6) is -13.7. The second kappa shape index (κ2) is 45.2. The zero-order valence-corrected chi connectivity index (χ0v) is 62.5. The van der Waals surface area contributed by atoms with E-state index in [1.807, 2.05) is 0 Å². The fourth-order valence-corrected chi connectivity index (χ4v) is 14.5. The zero-order chi connectivity index (χ0) is 80.6. The molecule has 4 aromatic carbocycles. The van der Waals surface area contributed by atoms with Crippen LogP contribution in [0.4, 0.5) is 5.69 Å². The van der Waals surface area contributed by atoms with E-state index in [1.165, 1.54) is 43.0 Å². The third-order valence-corrected chi connectivity index (χ3v) is 20.2. The molecule has 0 radical (unpaired) electrons. The molecule has 0 aliphatic carbocycles. The van der Waals surface area contributed by atoms with Gasteiger partial charge in [0.2, 0.25) is 47.3 Å². The fourth-order valence-electron chi connectivity index (χ4n) is 12.2. The molecule has 6 rings (SSSR count). The number of benzene rings is 4. The Balaban J connectivity index is 1.35. The number of aliphatic hydroxyl groups is 3. The van der Waals surface area contributed by atoms with Gasteiger partial charge in [-0.05, 0) is 106 Å². The summed E-state index contributed by atoms with van der Waals surface area (Å²) >= 11 is 0. The SMILES string of the molecule is C[C@@H](O)[C@@H]1NC(=O)[C@H](CCCCN)NC(=O)[C@H](Cc2c[nH]c3ccccc23)NC(=O)[C@H](Cc2ccc(O)cc2)NC(=O)C(NC(=O)C(Cc2ccccc2)NC(=O)CNc2ccc(C[C@H](CN(CC(=O)O)CC(=O)O)N(COO)[C@@H](C)CN(CC(=O)O)CC(=O)O)cc2)CSSCC(C(=O)N[C@H](CO)[C@@H](C)O)NC1=O. The van der Waals surface area contributed by atoms with Gasteiger partial charge in [-0.2, -0.15) is 0 Å². The molecule has 12 atom stereocenters. The quantitative estimate of drug-likeness (QED) is 0.00676. The first-order valence-corrected chi connectivity index (χ1v) is 37.8. The summed E-state index contributed by atoms with van der Waals surface area (Å²) in [4.78, 5) is 176. The summed E-state index contributed by atoms with van der Waals surface area (Å²) in [6.45, 7) is -0.852. The molecule has 600 valence electrons. The standard InChI is InChI=1S/C72H98N14O22S2/c1-41(31-84(33-61(92)93)34-62(94)95)86(40-108-107)49(32-85(35-63(96)97)36-64(98)99)25-45-16-20-48(21-17-45)74-30-60(91)76-54(26-44-11-5-4-6-12-44)67(101)81-58-38-109-110-39-59(71(105)80-57(37-87)42(2)88)82-72(106)65(43(3)89)83-66(100)53(15-9-10-24-73)77-69(103)56(28-47-29-75-52-14-8-7-13-51(47)52)79-68(102)55(78-70(58)104)27-46-18-22-50(90)23-19-46/h4-8,11-14,16-23,29,41-43,49,53-59,65,74-75,87-90,107H,9-10,15,24-28,30-40,73H2,1-3H3,(H,76,91)(H,77,103)(H,78,104)(H,79,102)(H,80,105)(H,81,101)(H,82,106)(H,83,100)(H,92,93)(H,94,95)(H,96,97)(H,98,99)/t41-,42+,43+,49+,53-,54?,55-,56-,57+,58?,59?,65-/m0/s1. The number of rotatable bonds is 39. The molecular formula is C72H98N14O22S2. The average molecular weight is 1580 g/mol. The zero-order valence-electron chi connectivity index (χ0n) is 60.8. The number of hydrogen-bond donors (Lipinski definition) is 20. The van der Waals surface area contributed by atoms with Crippen LogP contribution in [0.3, 0.4) is 0 Å². The average Bonchev–Trinajstić information content (AvgIpc) is 1.69. The fraction of sp³-hybridized carbons (Fsp3) is 0.472. The number of amides is 8. The van der Waals surface area contributed by atoms with E-state index in [4.69, 9.17) is 5.73 Å². The Hall–Kier alpha value is -10.00. The number of hydrogen-bond acceptors (Lipinski definition) is 25. The molecule has 1 saturated heterocycles. The Bertz CT molecular complexity index is 3850. The molecule has 36 nitrogen and oxygen atoms in total. The number of nitrogens with one attached hydrogen (secondary N) is 10. The number of unbranched alkanes of at least 4 members (excludes halogenated alkanes) is 1. The molecule has 0 bridgehead atoms. The molecule has 1 aromatic heterocycles. The number of H-pyrrole nitrogens is 1. The molecule has 5 aromatic rings. The van der Waals surface area contributed by atoms with Crippen molar-refractivity contribution in [3.63, 3.8) is 0 Å². The van der Waals surface area contributed by atoms with Crippen molar-refractivity contribution in [3.8, 4) is 5.75 Å². The number of aromatic hydroxyl groups is 1. The Morgan fingerprint density at radius 1 is 0.627 bits per heavy atom. The molecule has 8 amide bonds. The number of carboxylic acid groups (broad SMARTS) is 4. The Morgan fingerprint density at radius 3 is 1.79 bits per heavy atom. The van der Waals surface area contributed by atoms with E-state index in [0.717, 1.165) is 31.4 Å². The van der Waals surface area contributed by atoms with Gasteiger partial charge >= 0.3 is 23.9 Å². The minimum Gasteiger partial charge on any atom is -0.508 e. The maximum absolute atomic E-state index is 15.3. The maximum Gasteiger partial charge on any atom is 0.317 e. The first kappa shape index (κ1) is 88.9. The van der Waals surface area contributed by atoms with Crippen LogP contribution >= 0.6 is 21.6 Å². The Kier molecular flexibility index (Phi) is 36.5. The van der Waals surface area contributed by atoms with Gasteiger partial charge in [0.1, 0.15) is 54.8 Å². The number of aliphatic hydroxyl groups excluding tert-OH is 3. The monoisotopic (exact) mass is 1570 g/mol. The summed E-state index contributed by atoms with van der Waals surface area (Å²) in [5.41, 5.74) is 8.90. The number of aliphatic carboxylic acids is 4. The topological polar surface area (TPSA) is 556 Å². The second-order valence-electron chi connectivity index (χ2n) is 26.6. The lowest BCUT2D eigenvalue weighted by Gasteiger charge is -2.39. The summed E-state index contributed by atoms with van der Waals surface area (Å²) in [5, 5.41) is 115. The lowest BCUT2D eigenvalue weighted by molar-refractivity contribution is -0.277. The largest absolute Gasteiger partial charge is 0.508 e. The van der Waals surface area contributed by atoms with Gasteiger partial charge in [-0.15, -0.1) is 0 Å². The first-order chi connectivity index (χ1) is 52.4. The predicted octanol–water partition coefficient (Wildman–Crippen LogP) is -1.84. The highest BCUT2D eigenvalue weighted by Gasteiger charge is 2.38. The van der Waals surface area contributed by atoms with Crippen LogP contribution in [0.25, 0.3) is 10.9 Å². The van der Waals surface area contributed by atoms with E-state index >= 15 is 14.4 Å². The lowest BCUT2D eigenvalue weighted by Crippen LogP contribution is -2.62. The molecule has 1 aliphatic heterocycles. The van der Waals surface area contributed by atoms with E-state index in [0.29, 0.717) is 45.3 Å². The minimum absolute atomic E-state index is 0.00307. The molecule has 0 saturated carbocycles. The highest BCUT2D eigenvalue weighted by atomic mass is 33.1. The predicted molar refractivity (Wildman–Crippen MR) is 403 cm³/mol. The van der Waals surface area contributed by atoms with Crippen LogP contribution in [0.1, 0.15) is 62.3 Å². The van der Waals surface area contributed by atoms with Crippen LogP contribution < -0.4 is 53.6 Å². The van der Waals surface area contributed by atoms with Gasteiger partial charge in [0.25, 0.3) is 0 Å². The van der Waals surface area contributed by atoms with Gasteiger partial charge in [-0.3, -0.25) is 77.5 Å². The van der Waals surface area contributed by atoms with E-state index < -0.39 is 190 Å². The van der Waals surface area contributed by atoms with Crippen LogP contribution in [-0.4, -0.2) is 287 Å². The highest BCUT2D eigenvalue weighted by Crippen LogP contribution is 2.26. The lowest BCUT2D eigenvalue weighted by atomic mass is 10.0. The van der Waals surface area contributed by atoms with Crippen LogP contribution in [0.2, 0.25) is 0 Å². The smallest absolute Gasteiger partial charge is 0.317 e. The van der Waals surface area contributed by atoms with E-state index in [9.17, 15) is 89.3 Å². The number of aromatic amines is 1. The normalized spacial score (nSPS) is 19.4. The van der Waals surface area contributed by atoms with Gasteiger partial charge in [-0.1, -0.05) is 94.4 Å². The van der Waals surface area contributed by atoms with Gasteiger partial charge in [0.05, 0.1) is 57.6 Å². The molecule has 1 fully saturated rings. The van der Waals surface area contributed by atoms with Crippen LogP contribution in [0.5, 0.6) is 5.75 Å². The van der Waals surface area contributed by atoms with Gasteiger partial charge < -0.3 is 99.4 Å². The maximum atomic E-state index is 15.3. The van der Waals surface area contributed by atoms with Crippen LogP contribution in [0.15, 0.2) is 109 Å². The molecule has 21 N–H and O–H groups in total. The van der Waals surface area contributed by atoms with E-state index in [2.05, 4.69) is 57.7 Å². The van der Waals surface area contributed by atoms with Crippen molar-refractivity contribution in [1.29, 1.82) is 0 Å². The molecular weight excluding hydrogens is 1480 g/mol. The Labute approximate surface area is 641 Å². The second-order valence-corrected chi connectivity index (χ2v) is 29.2. The van der Waals surface area contributed by atoms with Gasteiger partial charge in [0, 0.05) is 78.7 Å². The number of fused-ring (bicyclic) bond motifs is 1. The molecule has 0 spiro atoms. The number of carbonyl (C=O) groups excluding carboxylic acids is 8. The van der Waals surface area contributed by atoms with E-state index in [1.54, 1.807) is 92.0 Å². The van der Waals surface area contributed by atoms with Crippen LogP contribution in [-0.2, 0) is 88.1 Å². The van der Waals surface area contributed by atoms with Crippen molar-refractivity contribution in [2.24, 2.45) is 5.73 Å². The number of anilines is 1. The number of carboxylic acids is 4. The van der Waals surface area contributed by atoms with Crippen molar-refractivity contribution in [1.82, 2.24) is 62.2 Å². The molecule has 2 heterocycles. The third-order valence-electron chi connectivity index (χ3n) is 17.8. The van der Waals surface area contributed by atoms with Gasteiger partial charge in [0.15, 0.2) is 0 Å². The number of nitrogens with zero attached hydrogens (tertiary/aromatic N) is 3. The van der Waals surface area contributed by atoms with Crippen molar-refractivity contribution < 1.29 is 109 Å². The summed E-state index contributed by atoms with van der Waals surface area (Å²) in [6.07, 6.45) is -1.40. The molecule has 110 heavy (non-hydrogen) atoms. The van der Waals surface area contributed by atoms with Crippen molar-refractivity contribution in [3.05, 3.63) is 132 Å². The van der Waals surface area contributed by atoms with Crippen LogP contribution in [0, 0.1) is 0 Å². The third kappa shape index (κ3) is 29.8. The number of phenolic OH excluding ortho intramolecular Hbond substituents is 1. The number of nitrogens with two attached hydrogens (primary N) is 1. The summed E-state index contributed by atoms with van der Waals surface area (Å²) < 4.78 is 0.